The number of carbonyl (C=O) groups excluding carboxylic acids is 1. The highest BCUT2D eigenvalue weighted by molar-refractivity contribution is 5.98. The summed E-state index contributed by atoms with van der Waals surface area (Å²) >= 11 is 0. The molecule has 2 rings (SSSR count). The summed E-state index contributed by atoms with van der Waals surface area (Å²) in [5.41, 5.74) is 0.00181. The Balaban J connectivity index is 2.60. The summed E-state index contributed by atoms with van der Waals surface area (Å²) in [6, 6.07) is 3.76. The van der Waals surface area contributed by atoms with Crippen molar-refractivity contribution in [3.8, 4) is 5.75 Å². The maximum atomic E-state index is 11.5. The Labute approximate surface area is 101 Å². The van der Waals surface area contributed by atoms with E-state index in [-0.39, 0.29) is 29.3 Å². The first kappa shape index (κ1) is 11.9. The number of H-pyrrole nitrogens is 1. The van der Waals surface area contributed by atoms with Crippen LogP contribution in [0.5, 0.6) is 5.75 Å². The van der Waals surface area contributed by atoms with Gasteiger partial charge in [0.05, 0.1) is 17.6 Å². The summed E-state index contributed by atoms with van der Waals surface area (Å²) < 4.78 is 4.79. The van der Waals surface area contributed by atoms with Crippen LogP contribution in [0.25, 0.3) is 10.9 Å². The van der Waals surface area contributed by atoms with Gasteiger partial charge in [-0.3, -0.25) is 10.1 Å². The quantitative estimate of drug-likeness (QED) is 0.492. The van der Waals surface area contributed by atoms with E-state index in [0.717, 1.165) is 6.07 Å². The number of fused-ring (bicyclic) bond motifs is 1. The van der Waals surface area contributed by atoms with Gasteiger partial charge >= 0.3 is 5.97 Å². The second-order valence-corrected chi connectivity index (χ2v) is 3.59. The maximum Gasteiger partial charge on any atom is 0.354 e. The standard InChI is InChI=1S/C11H10N2O5/c1-2-18-11(15)8-4-6-3-7(14)5-9(13(16)17)10(6)12-8/h3-5,12,14H,2H2,1H3. The minimum atomic E-state index is -0.631. The molecule has 0 saturated heterocycles. The fraction of sp³-hybridized carbons (Fsp3) is 0.182. The molecule has 0 aliphatic rings. The summed E-state index contributed by atoms with van der Waals surface area (Å²) in [6.45, 7) is 1.87. The fourth-order valence-electron chi connectivity index (χ4n) is 1.67. The van der Waals surface area contributed by atoms with Gasteiger partial charge in [-0.15, -0.1) is 0 Å². The van der Waals surface area contributed by atoms with Gasteiger partial charge in [-0.25, -0.2) is 4.79 Å². The number of carbonyl (C=O) groups is 1. The molecule has 7 nitrogen and oxygen atoms in total. The predicted molar refractivity (Wildman–Crippen MR) is 62.6 cm³/mol. The van der Waals surface area contributed by atoms with Crippen molar-refractivity contribution in [2.75, 3.05) is 6.61 Å². The van der Waals surface area contributed by atoms with Gasteiger partial charge < -0.3 is 14.8 Å². The van der Waals surface area contributed by atoms with Gasteiger partial charge in [0, 0.05) is 5.39 Å². The van der Waals surface area contributed by atoms with Crippen LogP contribution in [-0.2, 0) is 4.74 Å². The molecule has 18 heavy (non-hydrogen) atoms. The number of phenolic OH excluding ortho intramolecular Hbond substituents is 1. The minimum Gasteiger partial charge on any atom is -0.508 e. The van der Waals surface area contributed by atoms with E-state index in [1.165, 1.54) is 12.1 Å². The van der Waals surface area contributed by atoms with Crippen molar-refractivity contribution in [3.05, 3.63) is 34.0 Å². The van der Waals surface area contributed by atoms with Crippen molar-refractivity contribution in [3.63, 3.8) is 0 Å². The van der Waals surface area contributed by atoms with Crippen molar-refractivity contribution in [1.29, 1.82) is 0 Å². The van der Waals surface area contributed by atoms with Crippen LogP contribution in [0.2, 0.25) is 0 Å². The van der Waals surface area contributed by atoms with Crippen LogP contribution in [0, 0.1) is 10.1 Å². The zero-order valence-electron chi connectivity index (χ0n) is 9.47. The number of nitrogens with zero attached hydrogens (tertiary/aromatic N) is 1. The Morgan fingerprint density at radius 2 is 2.22 bits per heavy atom. The smallest absolute Gasteiger partial charge is 0.354 e. The van der Waals surface area contributed by atoms with Gasteiger partial charge in [0.15, 0.2) is 0 Å². The number of nitrogens with one attached hydrogen (secondary N) is 1. The number of esters is 1. The lowest BCUT2D eigenvalue weighted by molar-refractivity contribution is -0.383. The van der Waals surface area contributed by atoms with Gasteiger partial charge in [-0.05, 0) is 19.1 Å². The average Bonchev–Trinajstić information content (AvgIpc) is 2.71. The Kier molecular flexibility index (Phi) is 2.88. The normalized spacial score (nSPS) is 10.5. The molecule has 0 radical (unpaired) electrons. The number of ether oxygens (including phenoxy) is 1. The van der Waals surface area contributed by atoms with Crippen molar-refractivity contribution in [2.45, 2.75) is 6.92 Å². The number of hydrogen-bond donors (Lipinski definition) is 2. The largest absolute Gasteiger partial charge is 0.508 e. The van der Waals surface area contributed by atoms with E-state index in [4.69, 9.17) is 4.74 Å². The Morgan fingerprint density at radius 1 is 1.50 bits per heavy atom. The first-order chi connectivity index (χ1) is 8.52. The SMILES string of the molecule is CCOC(=O)c1cc2cc(O)cc([N+](=O)[O-])c2[nH]1. The monoisotopic (exact) mass is 250 g/mol. The zero-order chi connectivity index (χ0) is 13.3. The van der Waals surface area contributed by atoms with Crippen LogP contribution < -0.4 is 0 Å². The molecule has 0 saturated carbocycles. The molecule has 0 aliphatic heterocycles. The molecule has 7 heteroatoms. The number of non-ortho nitro benzene ring substituents is 1. The third kappa shape index (κ3) is 1.97. The Bertz CT molecular complexity index is 632. The van der Waals surface area contributed by atoms with Gasteiger partial charge in [0.1, 0.15) is 17.0 Å². The van der Waals surface area contributed by atoms with Gasteiger partial charge in [0.25, 0.3) is 5.69 Å². The van der Waals surface area contributed by atoms with Crippen LogP contribution in [0.3, 0.4) is 0 Å². The molecule has 0 amide bonds. The van der Waals surface area contributed by atoms with Crippen LogP contribution in [0.4, 0.5) is 5.69 Å². The zero-order valence-corrected chi connectivity index (χ0v) is 9.47. The van der Waals surface area contributed by atoms with Gasteiger partial charge in [0.2, 0.25) is 0 Å². The molecule has 0 atom stereocenters. The van der Waals surface area contributed by atoms with Crippen molar-refractivity contribution in [1.82, 2.24) is 4.98 Å². The minimum absolute atomic E-state index is 0.112. The molecule has 2 aromatic rings. The number of nitro benzene ring substituents is 1. The fourth-order valence-corrected chi connectivity index (χ4v) is 1.67. The Hall–Kier alpha value is -2.57. The number of benzene rings is 1. The molecule has 0 bridgehead atoms. The summed E-state index contributed by atoms with van der Waals surface area (Å²) in [6.07, 6.45) is 0. The highest BCUT2D eigenvalue weighted by Gasteiger charge is 2.19. The summed E-state index contributed by atoms with van der Waals surface area (Å²) in [7, 11) is 0. The predicted octanol–water partition coefficient (Wildman–Crippen LogP) is 1.96. The number of aromatic nitrogens is 1. The van der Waals surface area contributed by atoms with Gasteiger partial charge in [-0.1, -0.05) is 0 Å². The molecule has 1 aromatic heterocycles. The molecule has 0 unspecified atom stereocenters. The van der Waals surface area contributed by atoms with Crippen LogP contribution in [0.1, 0.15) is 17.4 Å². The third-order valence-corrected chi connectivity index (χ3v) is 2.38. The number of nitro groups is 1. The van der Waals surface area contributed by atoms with Crippen LogP contribution in [-0.4, -0.2) is 27.6 Å². The third-order valence-electron chi connectivity index (χ3n) is 2.38. The van der Waals surface area contributed by atoms with E-state index < -0.39 is 10.9 Å². The molecule has 0 fully saturated rings. The molecular weight excluding hydrogens is 240 g/mol. The number of aromatic hydroxyl groups is 1. The lowest BCUT2D eigenvalue weighted by Crippen LogP contribution is -2.04. The summed E-state index contributed by atoms with van der Waals surface area (Å²) in [5, 5.41) is 20.6. The Morgan fingerprint density at radius 3 is 2.83 bits per heavy atom. The first-order valence-electron chi connectivity index (χ1n) is 5.20. The first-order valence-corrected chi connectivity index (χ1v) is 5.20. The second-order valence-electron chi connectivity index (χ2n) is 3.59. The molecular formula is C11H10N2O5. The second kappa shape index (κ2) is 4.36. The average molecular weight is 250 g/mol. The molecule has 0 spiro atoms. The summed E-state index contributed by atoms with van der Waals surface area (Å²) in [5.74, 6) is -0.828. The topological polar surface area (TPSA) is 105 Å². The molecule has 1 heterocycles. The van der Waals surface area contributed by atoms with E-state index in [9.17, 15) is 20.0 Å². The highest BCUT2D eigenvalue weighted by Crippen LogP contribution is 2.30. The van der Waals surface area contributed by atoms with Gasteiger partial charge in [-0.2, -0.15) is 0 Å². The maximum absolute atomic E-state index is 11.5. The lowest BCUT2D eigenvalue weighted by atomic mass is 10.2. The number of phenols is 1. The molecule has 94 valence electrons. The van der Waals surface area contributed by atoms with E-state index >= 15 is 0 Å². The summed E-state index contributed by atoms with van der Waals surface area (Å²) in [4.78, 5) is 24.3. The van der Waals surface area contributed by atoms with Crippen molar-refractivity contribution >= 4 is 22.6 Å². The van der Waals surface area contributed by atoms with Crippen LogP contribution >= 0.6 is 0 Å². The molecule has 1 aromatic carbocycles. The lowest BCUT2D eigenvalue weighted by Gasteiger charge is -1.97. The number of hydrogen-bond acceptors (Lipinski definition) is 5. The van der Waals surface area contributed by atoms with Crippen molar-refractivity contribution in [2.24, 2.45) is 0 Å². The van der Waals surface area contributed by atoms with E-state index in [2.05, 4.69) is 4.98 Å². The van der Waals surface area contributed by atoms with E-state index in [1.807, 2.05) is 0 Å². The highest BCUT2D eigenvalue weighted by atomic mass is 16.6. The van der Waals surface area contributed by atoms with Crippen LogP contribution in [0.15, 0.2) is 18.2 Å². The molecule has 0 aliphatic carbocycles. The van der Waals surface area contributed by atoms with E-state index in [1.54, 1.807) is 6.92 Å². The van der Waals surface area contributed by atoms with Crippen molar-refractivity contribution < 1.29 is 19.6 Å². The van der Waals surface area contributed by atoms with E-state index in [0.29, 0.717) is 5.39 Å². The number of aromatic amines is 1. The number of rotatable bonds is 3. The molecule has 2 N–H and O–H groups in total.